The summed E-state index contributed by atoms with van der Waals surface area (Å²) in [4.78, 5) is 8.18. The van der Waals surface area contributed by atoms with Crippen LogP contribution in [0, 0.1) is 12.7 Å². The number of benzene rings is 1. The summed E-state index contributed by atoms with van der Waals surface area (Å²) >= 11 is 0. The minimum atomic E-state index is -0.227. The minimum absolute atomic E-state index is 0.227. The Morgan fingerprint density at radius 2 is 1.94 bits per heavy atom. The predicted molar refractivity (Wildman–Crippen MR) is 68.1 cm³/mol. The first-order chi connectivity index (χ1) is 8.65. The molecule has 3 N–H and O–H groups in total. The first-order valence-corrected chi connectivity index (χ1v) is 5.68. The van der Waals surface area contributed by atoms with Crippen LogP contribution in [0.3, 0.4) is 0 Å². The van der Waals surface area contributed by atoms with Crippen molar-refractivity contribution in [1.82, 2.24) is 15.3 Å². The lowest BCUT2D eigenvalue weighted by Crippen LogP contribution is -2.15. The molecule has 0 aliphatic rings. The van der Waals surface area contributed by atoms with Gasteiger partial charge in [0.05, 0.1) is 0 Å². The third-order valence-electron chi connectivity index (χ3n) is 2.58. The molecule has 94 valence electrons. The number of aryl methyl sites for hydroxylation is 1. The maximum Gasteiger partial charge on any atom is 0.131 e. The van der Waals surface area contributed by atoms with Crippen molar-refractivity contribution < 1.29 is 4.39 Å². The molecule has 0 saturated heterocycles. The molecule has 0 saturated carbocycles. The van der Waals surface area contributed by atoms with Crippen LogP contribution >= 0.6 is 0 Å². The van der Waals surface area contributed by atoms with Gasteiger partial charge in [0.1, 0.15) is 17.5 Å². The Bertz CT molecular complexity index is 525. The van der Waals surface area contributed by atoms with Crippen molar-refractivity contribution in [3.05, 3.63) is 53.2 Å². The molecule has 1 aromatic carbocycles. The lowest BCUT2D eigenvalue weighted by molar-refractivity contribution is 0.625. The quantitative estimate of drug-likeness (QED) is 0.863. The minimum Gasteiger partial charge on any atom is -0.383 e. The second-order valence-electron chi connectivity index (χ2n) is 4.06. The van der Waals surface area contributed by atoms with Gasteiger partial charge in [-0.2, -0.15) is 0 Å². The molecule has 1 aromatic heterocycles. The van der Waals surface area contributed by atoms with Gasteiger partial charge in [0.15, 0.2) is 0 Å². The van der Waals surface area contributed by atoms with E-state index in [1.807, 2.05) is 0 Å². The Morgan fingerprint density at radius 3 is 2.61 bits per heavy atom. The topological polar surface area (TPSA) is 63.8 Å². The number of nitrogens with one attached hydrogen (secondary N) is 1. The van der Waals surface area contributed by atoms with Crippen LogP contribution in [0.4, 0.5) is 10.2 Å². The molecular weight excluding hydrogens is 231 g/mol. The van der Waals surface area contributed by atoms with Crippen molar-refractivity contribution in [1.29, 1.82) is 0 Å². The van der Waals surface area contributed by atoms with E-state index in [0.29, 0.717) is 24.7 Å². The Labute approximate surface area is 105 Å². The van der Waals surface area contributed by atoms with Gasteiger partial charge >= 0.3 is 0 Å². The number of hydrogen-bond donors (Lipinski definition) is 2. The first kappa shape index (κ1) is 12.4. The summed E-state index contributed by atoms with van der Waals surface area (Å²) in [6.07, 6.45) is 1.72. The number of aromatic nitrogens is 2. The van der Waals surface area contributed by atoms with Crippen molar-refractivity contribution in [3.63, 3.8) is 0 Å². The smallest absolute Gasteiger partial charge is 0.131 e. The van der Waals surface area contributed by atoms with Gasteiger partial charge in [-0.25, -0.2) is 14.4 Å². The fraction of sp³-hybridized carbons (Fsp3) is 0.231. The van der Waals surface area contributed by atoms with E-state index in [2.05, 4.69) is 15.3 Å². The van der Waals surface area contributed by atoms with Gasteiger partial charge < -0.3 is 11.1 Å². The summed E-state index contributed by atoms with van der Waals surface area (Å²) in [5.74, 6) is 0.929. The fourth-order valence-corrected chi connectivity index (χ4v) is 1.59. The van der Waals surface area contributed by atoms with Gasteiger partial charge in [0.25, 0.3) is 0 Å². The second-order valence-corrected chi connectivity index (χ2v) is 4.06. The normalized spacial score (nSPS) is 10.6. The van der Waals surface area contributed by atoms with E-state index in [-0.39, 0.29) is 5.82 Å². The maximum atomic E-state index is 12.7. The fourth-order valence-electron chi connectivity index (χ4n) is 1.59. The van der Waals surface area contributed by atoms with Crippen LogP contribution in [-0.2, 0) is 13.1 Å². The molecule has 0 unspecified atom stereocenters. The molecule has 0 radical (unpaired) electrons. The third kappa shape index (κ3) is 3.24. The molecule has 2 rings (SSSR count). The highest BCUT2D eigenvalue weighted by Gasteiger charge is 2.01. The Hall–Kier alpha value is -2.01. The number of nitrogens with zero attached hydrogens (tertiary/aromatic N) is 2. The third-order valence-corrected chi connectivity index (χ3v) is 2.58. The van der Waals surface area contributed by atoms with Crippen molar-refractivity contribution in [3.8, 4) is 0 Å². The number of nitrogen functional groups attached to an aromatic ring is 1. The van der Waals surface area contributed by atoms with Crippen molar-refractivity contribution in [2.45, 2.75) is 20.0 Å². The van der Waals surface area contributed by atoms with Crippen LogP contribution in [0.5, 0.6) is 0 Å². The SMILES string of the molecule is Cc1ncc(CNCc2ccc(F)cc2)c(N)n1. The van der Waals surface area contributed by atoms with Crippen molar-refractivity contribution >= 4 is 5.82 Å². The van der Waals surface area contributed by atoms with E-state index in [4.69, 9.17) is 5.73 Å². The van der Waals surface area contributed by atoms with Crippen LogP contribution in [0.15, 0.2) is 30.5 Å². The average molecular weight is 246 g/mol. The monoisotopic (exact) mass is 246 g/mol. The van der Waals surface area contributed by atoms with Gasteiger partial charge in [0, 0.05) is 24.8 Å². The summed E-state index contributed by atoms with van der Waals surface area (Å²) in [6.45, 7) is 3.03. The molecule has 4 nitrogen and oxygen atoms in total. The molecule has 0 aliphatic carbocycles. The van der Waals surface area contributed by atoms with Crippen LogP contribution in [0.1, 0.15) is 17.0 Å². The highest BCUT2D eigenvalue weighted by molar-refractivity contribution is 5.37. The maximum absolute atomic E-state index is 12.7. The predicted octanol–water partition coefficient (Wildman–Crippen LogP) is 1.80. The molecule has 0 amide bonds. The molecule has 0 aliphatic heterocycles. The molecule has 0 bridgehead atoms. The van der Waals surface area contributed by atoms with E-state index >= 15 is 0 Å². The van der Waals surface area contributed by atoms with E-state index in [1.54, 1.807) is 25.3 Å². The lowest BCUT2D eigenvalue weighted by atomic mass is 10.2. The molecule has 5 heteroatoms. The average Bonchev–Trinajstić information content (AvgIpc) is 2.34. The summed E-state index contributed by atoms with van der Waals surface area (Å²) < 4.78 is 12.7. The number of hydrogen-bond acceptors (Lipinski definition) is 4. The number of nitrogens with two attached hydrogens (primary N) is 1. The van der Waals surface area contributed by atoms with Gasteiger partial charge in [-0.3, -0.25) is 0 Å². The number of anilines is 1. The van der Waals surface area contributed by atoms with Crippen LogP contribution < -0.4 is 11.1 Å². The van der Waals surface area contributed by atoms with Crippen LogP contribution in [0.25, 0.3) is 0 Å². The molecular formula is C13H15FN4. The molecule has 0 atom stereocenters. The number of halogens is 1. The molecule has 2 aromatic rings. The summed E-state index contributed by atoms with van der Waals surface area (Å²) in [5.41, 5.74) is 7.66. The number of rotatable bonds is 4. The zero-order valence-electron chi connectivity index (χ0n) is 10.2. The van der Waals surface area contributed by atoms with Crippen LogP contribution in [0.2, 0.25) is 0 Å². The molecule has 0 spiro atoms. The Kier molecular flexibility index (Phi) is 3.84. The van der Waals surface area contributed by atoms with Gasteiger partial charge in [-0.15, -0.1) is 0 Å². The highest BCUT2D eigenvalue weighted by atomic mass is 19.1. The van der Waals surface area contributed by atoms with E-state index in [0.717, 1.165) is 11.1 Å². The molecule has 18 heavy (non-hydrogen) atoms. The standard InChI is InChI=1S/C13H15FN4/c1-9-17-8-11(13(15)18-9)7-16-6-10-2-4-12(14)5-3-10/h2-5,8,16H,6-7H2,1H3,(H2,15,17,18). The Balaban J connectivity index is 1.90. The molecule has 1 heterocycles. The van der Waals surface area contributed by atoms with Gasteiger partial charge in [-0.05, 0) is 24.6 Å². The zero-order chi connectivity index (χ0) is 13.0. The highest BCUT2D eigenvalue weighted by Crippen LogP contribution is 2.07. The largest absolute Gasteiger partial charge is 0.383 e. The van der Waals surface area contributed by atoms with E-state index < -0.39 is 0 Å². The van der Waals surface area contributed by atoms with Gasteiger partial charge in [-0.1, -0.05) is 12.1 Å². The summed E-state index contributed by atoms with van der Waals surface area (Å²) in [6, 6.07) is 6.38. The summed E-state index contributed by atoms with van der Waals surface area (Å²) in [7, 11) is 0. The Morgan fingerprint density at radius 1 is 1.22 bits per heavy atom. The second kappa shape index (κ2) is 5.55. The van der Waals surface area contributed by atoms with E-state index in [1.165, 1.54) is 12.1 Å². The molecule has 0 fully saturated rings. The van der Waals surface area contributed by atoms with Crippen molar-refractivity contribution in [2.75, 3.05) is 5.73 Å². The van der Waals surface area contributed by atoms with Crippen molar-refractivity contribution in [2.24, 2.45) is 0 Å². The lowest BCUT2D eigenvalue weighted by Gasteiger charge is -2.07. The summed E-state index contributed by atoms with van der Waals surface area (Å²) in [5, 5.41) is 3.22. The first-order valence-electron chi connectivity index (χ1n) is 5.68. The van der Waals surface area contributed by atoms with E-state index in [9.17, 15) is 4.39 Å². The van der Waals surface area contributed by atoms with Gasteiger partial charge in [0.2, 0.25) is 0 Å². The van der Waals surface area contributed by atoms with Crippen LogP contribution in [-0.4, -0.2) is 9.97 Å². The zero-order valence-corrected chi connectivity index (χ0v) is 10.2.